The number of ether oxygens (including phenoxy) is 3. The molecule has 2 aromatic carbocycles. The van der Waals surface area contributed by atoms with E-state index in [0.29, 0.717) is 27.9 Å². The van der Waals surface area contributed by atoms with Crippen LogP contribution in [0.3, 0.4) is 0 Å². The SMILES string of the molecule is COc1ccc(/C=N\n2c(=O)[nH]c3c([nH]c4cc(OC)c(OC)cc43)c2=O)cc1C[NH+]1CCCC1. The van der Waals surface area contributed by atoms with E-state index >= 15 is 0 Å². The first-order chi connectivity index (χ1) is 17.0. The number of benzene rings is 2. The Hall–Kier alpha value is -4.05. The summed E-state index contributed by atoms with van der Waals surface area (Å²) in [6, 6.07) is 9.18. The monoisotopic (exact) mass is 478 g/mol. The number of H-pyrrole nitrogens is 2. The van der Waals surface area contributed by atoms with Gasteiger partial charge in [-0.3, -0.25) is 4.79 Å². The van der Waals surface area contributed by atoms with Gasteiger partial charge in [0, 0.05) is 29.9 Å². The molecular weight excluding hydrogens is 450 g/mol. The van der Waals surface area contributed by atoms with E-state index in [1.165, 1.54) is 38.2 Å². The molecule has 0 radical (unpaired) electrons. The van der Waals surface area contributed by atoms with Gasteiger partial charge in [-0.15, -0.1) is 4.68 Å². The summed E-state index contributed by atoms with van der Waals surface area (Å²) in [7, 11) is 4.72. The van der Waals surface area contributed by atoms with Gasteiger partial charge in [0.15, 0.2) is 11.5 Å². The molecule has 4 aromatic rings. The van der Waals surface area contributed by atoms with Crippen LogP contribution in [0.25, 0.3) is 21.9 Å². The molecule has 10 heteroatoms. The summed E-state index contributed by atoms with van der Waals surface area (Å²) in [5.74, 6) is 1.83. The third-order valence-corrected chi connectivity index (χ3v) is 6.51. The first-order valence-corrected chi connectivity index (χ1v) is 11.5. The van der Waals surface area contributed by atoms with Gasteiger partial charge in [0.2, 0.25) is 0 Å². The maximum absolute atomic E-state index is 13.2. The molecular formula is C25H28N5O5+. The molecule has 2 aromatic heterocycles. The highest BCUT2D eigenvalue weighted by Gasteiger charge is 2.18. The number of nitrogens with zero attached hydrogens (tertiary/aromatic N) is 2. The normalized spacial score (nSPS) is 14.4. The van der Waals surface area contributed by atoms with Crippen LogP contribution in [0.1, 0.15) is 24.0 Å². The summed E-state index contributed by atoms with van der Waals surface area (Å²) in [6.07, 6.45) is 3.99. The van der Waals surface area contributed by atoms with Crippen LogP contribution in [0, 0.1) is 0 Å². The predicted molar refractivity (Wildman–Crippen MR) is 133 cm³/mol. The fourth-order valence-electron chi connectivity index (χ4n) is 4.74. The zero-order valence-corrected chi connectivity index (χ0v) is 19.9. The molecule has 1 fully saturated rings. The molecule has 5 rings (SSSR count). The van der Waals surface area contributed by atoms with Crippen LogP contribution in [0.4, 0.5) is 0 Å². The minimum Gasteiger partial charge on any atom is -0.496 e. The van der Waals surface area contributed by atoms with Gasteiger partial charge in [-0.2, -0.15) is 5.10 Å². The Kier molecular flexibility index (Phi) is 6.04. The lowest BCUT2D eigenvalue weighted by molar-refractivity contribution is -0.901. The summed E-state index contributed by atoms with van der Waals surface area (Å²) < 4.78 is 17.0. The first-order valence-electron chi connectivity index (χ1n) is 11.5. The number of aromatic nitrogens is 3. The number of hydrogen-bond donors (Lipinski definition) is 3. The van der Waals surface area contributed by atoms with E-state index in [0.717, 1.165) is 41.2 Å². The van der Waals surface area contributed by atoms with Crippen LogP contribution in [0.2, 0.25) is 0 Å². The van der Waals surface area contributed by atoms with Gasteiger partial charge in [-0.05, 0) is 29.8 Å². The number of quaternary nitrogens is 1. The molecule has 1 saturated heterocycles. The lowest BCUT2D eigenvalue weighted by Gasteiger charge is -2.15. The van der Waals surface area contributed by atoms with Gasteiger partial charge in [0.05, 0.1) is 51.7 Å². The van der Waals surface area contributed by atoms with E-state index < -0.39 is 11.2 Å². The number of fused-ring (bicyclic) bond motifs is 3. The maximum Gasteiger partial charge on any atom is 0.350 e. The van der Waals surface area contributed by atoms with E-state index in [-0.39, 0.29) is 5.52 Å². The summed E-state index contributed by atoms with van der Waals surface area (Å²) in [4.78, 5) is 33.3. The predicted octanol–water partition coefficient (Wildman–Crippen LogP) is 1.26. The zero-order valence-electron chi connectivity index (χ0n) is 19.9. The van der Waals surface area contributed by atoms with Crippen LogP contribution < -0.4 is 30.4 Å². The van der Waals surface area contributed by atoms with Gasteiger partial charge in [0.25, 0.3) is 0 Å². The maximum atomic E-state index is 13.2. The Bertz CT molecular complexity index is 1540. The van der Waals surface area contributed by atoms with Gasteiger partial charge in [-0.1, -0.05) is 0 Å². The van der Waals surface area contributed by atoms with Gasteiger partial charge in [0.1, 0.15) is 17.8 Å². The zero-order chi connectivity index (χ0) is 24.5. The molecule has 0 amide bonds. The highest BCUT2D eigenvalue weighted by atomic mass is 16.5. The molecule has 0 aliphatic carbocycles. The molecule has 3 heterocycles. The van der Waals surface area contributed by atoms with Crippen molar-refractivity contribution in [1.82, 2.24) is 14.6 Å². The van der Waals surface area contributed by atoms with E-state index in [2.05, 4.69) is 15.1 Å². The summed E-state index contributed by atoms with van der Waals surface area (Å²) in [5.41, 5.74) is 1.92. The van der Waals surface area contributed by atoms with Crippen LogP contribution >= 0.6 is 0 Å². The fourth-order valence-corrected chi connectivity index (χ4v) is 4.74. The molecule has 1 aliphatic rings. The summed E-state index contributed by atoms with van der Waals surface area (Å²) >= 11 is 0. The highest BCUT2D eigenvalue weighted by molar-refractivity contribution is 6.05. The van der Waals surface area contributed by atoms with Gasteiger partial charge < -0.3 is 29.1 Å². The second kappa shape index (κ2) is 9.30. The Morgan fingerprint density at radius 3 is 2.37 bits per heavy atom. The topological polar surface area (TPSA) is 115 Å². The molecule has 0 spiro atoms. The lowest BCUT2D eigenvalue weighted by Crippen LogP contribution is -3.08. The van der Waals surface area contributed by atoms with Crippen molar-refractivity contribution in [2.75, 3.05) is 34.4 Å². The minimum absolute atomic E-state index is 0.236. The average Bonchev–Trinajstić information content (AvgIpc) is 3.51. The van der Waals surface area contributed by atoms with Crippen molar-refractivity contribution in [2.45, 2.75) is 19.4 Å². The molecule has 10 nitrogen and oxygen atoms in total. The molecule has 1 aliphatic heterocycles. The van der Waals surface area contributed by atoms with Crippen molar-refractivity contribution in [3.05, 3.63) is 62.3 Å². The van der Waals surface area contributed by atoms with Gasteiger partial charge in [-0.25, -0.2) is 4.79 Å². The van der Waals surface area contributed by atoms with Crippen molar-refractivity contribution in [1.29, 1.82) is 0 Å². The number of rotatable bonds is 7. The van der Waals surface area contributed by atoms with E-state index in [9.17, 15) is 9.59 Å². The minimum atomic E-state index is -0.635. The number of methoxy groups -OCH3 is 3. The number of likely N-dealkylation sites (tertiary alicyclic amines) is 1. The van der Waals surface area contributed by atoms with Crippen LogP contribution in [0.15, 0.2) is 45.0 Å². The van der Waals surface area contributed by atoms with Crippen molar-refractivity contribution in [3.63, 3.8) is 0 Å². The smallest absolute Gasteiger partial charge is 0.350 e. The second-order valence-corrected chi connectivity index (χ2v) is 8.62. The molecule has 0 atom stereocenters. The first kappa shape index (κ1) is 22.7. The van der Waals surface area contributed by atoms with E-state index in [1.807, 2.05) is 18.2 Å². The van der Waals surface area contributed by atoms with Gasteiger partial charge >= 0.3 is 11.2 Å². The second-order valence-electron chi connectivity index (χ2n) is 8.62. The Labute approximate surface area is 200 Å². The fraction of sp³-hybridized carbons (Fsp3) is 0.320. The Morgan fingerprint density at radius 1 is 0.943 bits per heavy atom. The van der Waals surface area contributed by atoms with Crippen molar-refractivity contribution in [2.24, 2.45) is 5.10 Å². The van der Waals surface area contributed by atoms with E-state index in [4.69, 9.17) is 14.2 Å². The highest BCUT2D eigenvalue weighted by Crippen LogP contribution is 2.34. The third kappa shape index (κ3) is 4.17. The Balaban J connectivity index is 1.53. The molecule has 182 valence electrons. The van der Waals surface area contributed by atoms with Crippen molar-refractivity contribution >= 4 is 28.2 Å². The van der Waals surface area contributed by atoms with Crippen LogP contribution in [-0.2, 0) is 6.54 Å². The number of aromatic amines is 2. The largest absolute Gasteiger partial charge is 0.496 e. The average molecular weight is 479 g/mol. The third-order valence-electron chi connectivity index (χ3n) is 6.51. The molecule has 0 unspecified atom stereocenters. The van der Waals surface area contributed by atoms with Crippen LogP contribution in [-0.4, -0.2) is 55.3 Å². The quantitative estimate of drug-likeness (QED) is 0.346. The number of hydrogen-bond acceptors (Lipinski definition) is 6. The molecule has 0 saturated carbocycles. The van der Waals surface area contributed by atoms with E-state index in [1.54, 1.807) is 19.2 Å². The van der Waals surface area contributed by atoms with Crippen LogP contribution in [0.5, 0.6) is 17.2 Å². The Morgan fingerprint density at radius 2 is 1.66 bits per heavy atom. The molecule has 0 bridgehead atoms. The van der Waals surface area contributed by atoms with Crippen molar-refractivity contribution in [3.8, 4) is 17.2 Å². The summed E-state index contributed by atoms with van der Waals surface area (Å²) in [5, 5.41) is 4.86. The molecule has 35 heavy (non-hydrogen) atoms. The van der Waals surface area contributed by atoms with Crippen molar-refractivity contribution < 1.29 is 19.1 Å². The standard InChI is InChI=1S/C25H27N5O5/c1-33-19-7-6-15(10-16(19)14-29-8-4-5-9-29)13-26-30-24(31)23-22(28-25(30)32)17-11-20(34-2)21(35-3)12-18(17)27-23/h6-7,10-13,27H,4-5,8-9,14H2,1-3H3,(H,28,32)/p+1/b26-13-. The molecule has 3 N–H and O–H groups in total. The lowest BCUT2D eigenvalue weighted by atomic mass is 10.1. The number of nitrogens with one attached hydrogen (secondary N) is 3. The summed E-state index contributed by atoms with van der Waals surface area (Å²) in [6.45, 7) is 3.16.